The van der Waals surface area contributed by atoms with Gasteiger partial charge >= 0.3 is 0 Å². The van der Waals surface area contributed by atoms with E-state index in [1.165, 1.54) is 16.5 Å². The number of hydrogen-bond donors (Lipinski definition) is 2. The Morgan fingerprint density at radius 2 is 1.80 bits per heavy atom. The fraction of sp³-hybridized carbons (Fsp3) is 0.118. The fourth-order valence-electron chi connectivity index (χ4n) is 2.31. The Hall–Kier alpha value is -2.39. The number of nitrogens with one attached hydrogen (secondary N) is 2. The molecule has 20 heavy (non-hydrogen) atoms. The van der Waals surface area contributed by atoms with Crippen molar-refractivity contribution in [3.63, 3.8) is 0 Å². The number of pyridine rings is 1. The largest absolute Gasteiger partial charge is 0.321 e. The Balaban J connectivity index is 1.79. The van der Waals surface area contributed by atoms with E-state index in [4.69, 9.17) is 0 Å². The van der Waals surface area contributed by atoms with Crippen LogP contribution in [0.15, 0.2) is 60.8 Å². The van der Waals surface area contributed by atoms with Gasteiger partial charge in [0.05, 0.1) is 5.52 Å². The molecule has 0 aliphatic heterocycles. The molecule has 0 amide bonds. The van der Waals surface area contributed by atoms with Crippen LogP contribution >= 0.6 is 0 Å². The summed E-state index contributed by atoms with van der Waals surface area (Å²) >= 11 is 0. The van der Waals surface area contributed by atoms with Crippen LogP contribution < -0.4 is 10.9 Å². The highest BCUT2D eigenvalue weighted by Crippen LogP contribution is 2.20. The maximum atomic E-state index is 4.40. The lowest BCUT2D eigenvalue weighted by molar-refractivity contribution is 0.801. The van der Waals surface area contributed by atoms with Gasteiger partial charge < -0.3 is 5.43 Å². The van der Waals surface area contributed by atoms with Gasteiger partial charge in [0.15, 0.2) is 0 Å². The molecule has 100 valence electrons. The highest BCUT2D eigenvalue weighted by Gasteiger charge is 2.04. The van der Waals surface area contributed by atoms with Crippen LogP contribution in [0.4, 0.5) is 5.69 Å². The predicted octanol–water partition coefficient (Wildman–Crippen LogP) is 3.66. The number of hydrogen-bond acceptors (Lipinski definition) is 3. The van der Waals surface area contributed by atoms with E-state index in [1.54, 1.807) is 0 Å². The molecule has 0 aliphatic rings. The summed E-state index contributed by atoms with van der Waals surface area (Å²) in [6, 6.07) is 18.4. The zero-order valence-corrected chi connectivity index (χ0v) is 11.4. The summed E-state index contributed by atoms with van der Waals surface area (Å²) in [5.41, 5.74) is 11.1. The monoisotopic (exact) mass is 263 g/mol. The third-order valence-corrected chi connectivity index (χ3v) is 3.40. The van der Waals surface area contributed by atoms with Gasteiger partial charge in [-0.15, -0.1) is 0 Å². The molecule has 0 spiro atoms. The quantitative estimate of drug-likeness (QED) is 0.705. The maximum Gasteiger partial charge on any atom is 0.0705 e. The average Bonchev–Trinajstić information content (AvgIpc) is 2.50. The van der Waals surface area contributed by atoms with Crippen molar-refractivity contribution < 1.29 is 0 Å². The molecule has 0 unspecified atom stereocenters. The number of aromatic nitrogens is 1. The lowest BCUT2D eigenvalue weighted by Crippen LogP contribution is -2.21. The molecule has 1 heterocycles. The lowest BCUT2D eigenvalue weighted by Gasteiger charge is -2.12. The molecule has 0 aliphatic carbocycles. The molecular formula is C17H17N3. The second kappa shape index (κ2) is 5.72. The van der Waals surface area contributed by atoms with Gasteiger partial charge in [0.1, 0.15) is 0 Å². The summed E-state index contributed by atoms with van der Waals surface area (Å²) < 4.78 is 0. The minimum absolute atomic E-state index is 0.754. The Morgan fingerprint density at radius 3 is 2.65 bits per heavy atom. The van der Waals surface area contributed by atoms with Crippen LogP contribution in [0, 0.1) is 6.92 Å². The topological polar surface area (TPSA) is 37.0 Å². The van der Waals surface area contributed by atoms with Crippen LogP contribution in [-0.2, 0) is 6.54 Å². The van der Waals surface area contributed by atoms with E-state index >= 15 is 0 Å². The van der Waals surface area contributed by atoms with Gasteiger partial charge in [0.2, 0.25) is 0 Å². The van der Waals surface area contributed by atoms with E-state index < -0.39 is 0 Å². The molecule has 3 nitrogen and oxygen atoms in total. The molecule has 3 rings (SSSR count). The van der Waals surface area contributed by atoms with Crippen molar-refractivity contribution in [1.29, 1.82) is 0 Å². The van der Waals surface area contributed by atoms with Crippen LogP contribution in [0.25, 0.3) is 10.9 Å². The highest BCUT2D eigenvalue weighted by molar-refractivity contribution is 5.83. The van der Waals surface area contributed by atoms with Gasteiger partial charge in [0, 0.05) is 23.8 Å². The average molecular weight is 263 g/mol. The smallest absolute Gasteiger partial charge is 0.0705 e. The highest BCUT2D eigenvalue weighted by atomic mass is 15.3. The Morgan fingerprint density at radius 1 is 0.950 bits per heavy atom. The number of hydrazine groups is 1. The van der Waals surface area contributed by atoms with Crippen molar-refractivity contribution in [2.24, 2.45) is 0 Å². The first-order valence-corrected chi connectivity index (χ1v) is 6.72. The third kappa shape index (κ3) is 2.63. The molecule has 3 aromatic rings. The summed E-state index contributed by atoms with van der Waals surface area (Å²) in [6.45, 7) is 2.88. The molecule has 0 saturated carbocycles. The second-order valence-corrected chi connectivity index (χ2v) is 4.78. The van der Waals surface area contributed by atoms with Crippen molar-refractivity contribution >= 4 is 16.6 Å². The normalized spacial score (nSPS) is 10.7. The Kier molecular flexibility index (Phi) is 3.61. The maximum absolute atomic E-state index is 4.40. The second-order valence-electron chi connectivity index (χ2n) is 4.78. The lowest BCUT2D eigenvalue weighted by atomic mass is 10.0. The molecular weight excluding hydrogens is 246 g/mol. The SMILES string of the molecule is Cc1ccc2ncccc2c1CNNc1ccccc1. The van der Waals surface area contributed by atoms with Crippen molar-refractivity contribution in [3.8, 4) is 0 Å². The minimum Gasteiger partial charge on any atom is -0.321 e. The van der Waals surface area contributed by atoms with Gasteiger partial charge in [-0.2, -0.15) is 0 Å². The van der Waals surface area contributed by atoms with Gasteiger partial charge in [-0.05, 0) is 42.3 Å². The number of rotatable bonds is 4. The molecule has 1 aromatic heterocycles. The fourth-order valence-corrected chi connectivity index (χ4v) is 2.31. The summed E-state index contributed by atoms with van der Waals surface area (Å²) in [5, 5.41) is 1.20. The number of para-hydroxylation sites is 1. The summed E-state index contributed by atoms with van der Waals surface area (Å²) in [7, 11) is 0. The molecule has 0 atom stereocenters. The van der Waals surface area contributed by atoms with E-state index in [0.29, 0.717) is 0 Å². The molecule has 2 N–H and O–H groups in total. The predicted molar refractivity (Wildman–Crippen MR) is 83.4 cm³/mol. The van der Waals surface area contributed by atoms with Crippen LogP contribution in [0.5, 0.6) is 0 Å². The van der Waals surface area contributed by atoms with Gasteiger partial charge in [-0.25, -0.2) is 5.43 Å². The Labute approximate surface area is 118 Å². The van der Waals surface area contributed by atoms with Crippen molar-refractivity contribution in [1.82, 2.24) is 10.4 Å². The molecule has 0 saturated heterocycles. The van der Waals surface area contributed by atoms with Crippen molar-refractivity contribution in [3.05, 3.63) is 71.9 Å². The summed E-state index contributed by atoms with van der Waals surface area (Å²) in [4.78, 5) is 4.40. The standard InChI is InChI=1S/C17H17N3/c1-13-9-10-17-15(8-5-11-18-17)16(13)12-19-20-14-6-3-2-4-7-14/h2-11,19-20H,12H2,1H3. The zero-order valence-electron chi connectivity index (χ0n) is 11.4. The summed E-state index contributed by atoms with van der Waals surface area (Å²) in [6.07, 6.45) is 1.83. The van der Waals surface area contributed by atoms with E-state index in [9.17, 15) is 0 Å². The van der Waals surface area contributed by atoms with E-state index in [0.717, 1.165) is 17.7 Å². The van der Waals surface area contributed by atoms with Gasteiger partial charge in [0.25, 0.3) is 0 Å². The molecule has 0 radical (unpaired) electrons. The molecule has 0 bridgehead atoms. The zero-order chi connectivity index (χ0) is 13.8. The molecule has 3 heteroatoms. The van der Waals surface area contributed by atoms with Crippen molar-refractivity contribution in [2.75, 3.05) is 5.43 Å². The third-order valence-electron chi connectivity index (χ3n) is 3.40. The van der Waals surface area contributed by atoms with E-state index in [2.05, 4.69) is 41.0 Å². The minimum atomic E-state index is 0.754. The van der Waals surface area contributed by atoms with E-state index in [-0.39, 0.29) is 0 Å². The van der Waals surface area contributed by atoms with E-state index in [1.807, 2.05) is 42.6 Å². The van der Waals surface area contributed by atoms with Crippen molar-refractivity contribution in [2.45, 2.75) is 13.5 Å². The number of aryl methyl sites for hydroxylation is 1. The number of benzene rings is 2. The number of anilines is 1. The Bertz CT molecular complexity index is 708. The number of fused-ring (bicyclic) bond motifs is 1. The van der Waals surface area contributed by atoms with Crippen LogP contribution in [0.2, 0.25) is 0 Å². The first kappa shape index (κ1) is 12.6. The first-order valence-electron chi connectivity index (χ1n) is 6.72. The summed E-state index contributed by atoms with van der Waals surface area (Å²) in [5.74, 6) is 0. The molecule has 2 aromatic carbocycles. The van der Waals surface area contributed by atoms with Crippen LogP contribution in [0.1, 0.15) is 11.1 Å². The number of nitrogens with zero attached hydrogens (tertiary/aromatic N) is 1. The molecule has 0 fully saturated rings. The van der Waals surface area contributed by atoms with Gasteiger partial charge in [-0.1, -0.05) is 30.3 Å². The van der Waals surface area contributed by atoms with Gasteiger partial charge in [-0.3, -0.25) is 4.98 Å². The van der Waals surface area contributed by atoms with Crippen LogP contribution in [-0.4, -0.2) is 4.98 Å². The first-order chi connectivity index (χ1) is 9.84. The van der Waals surface area contributed by atoms with Crippen LogP contribution in [0.3, 0.4) is 0 Å².